The first kappa shape index (κ1) is 14.6. The highest BCUT2D eigenvalue weighted by Crippen LogP contribution is 2.40. The van der Waals surface area contributed by atoms with Gasteiger partial charge in [0.25, 0.3) is 0 Å². The van der Waals surface area contributed by atoms with Crippen LogP contribution in [0.15, 0.2) is 46.9 Å². The van der Waals surface area contributed by atoms with E-state index in [9.17, 15) is 0 Å². The fourth-order valence-electron chi connectivity index (χ4n) is 3.24. The molecule has 0 spiro atoms. The van der Waals surface area contributed by atoms with Gasteiger partial charge in [-0.15, -0.1) is 0 Å². The van der Waals surface area contributed by atoms with Gasteiger partial charge in [-0.2, -0.15) is 0 Å². The highest BCUT2D eigenvalue weighted by Gasteiger charge is 2.19. The van der Waals surface area contributed by atoms with E-state index in [1.165, 1.54) is 57.1 Å². The van der Waals surface area contributed by atoms with E-state index in [2.05, 4.69) is 72.3 Å². The number of rotatable bonds is 4. The van der Waals surface area contributed by atoms with Crippen LogP contribution in [0.25, 0.3) is 16.7 Å². The summed E-state index contributed by atoms with van der Waals surface area (Å²) < 4.78 is 1.22. The molecular formula is C20H21Br. The van der Waals surface area contributed by atoms with E-state index in [1.54, 1.807) is 0 Å². The number of allylic oxidation sites excluding steroid dienone is 2. The summed E-state index contributed by atoms with van der Waals surface area (Å²) in [6.45, 7) is 4.47. The number of benzene rings is 2. The van der Waals surface area contributed by atoms with Crippen molar-refractivity contribution in [3.63, 3.8) is 0 Å². The predicted molar refractivity (Wildman–Crippen MR) is 95.5 cm³/mol. The van der Waals surface area contributed by atoms with Crippen LogP contribution in [0.1, 0.15) is 43.4 Å². The molecule has 2 aromatic rings. The molecule has 0 N–H and O–H groups in total. The highest BCUT2D eigenvalue weighted by molar-refractivity contribution is 9.10. The Bertz CT molecular complexity index is 695. The third kappa shape index (κ3) is 2.72. The first-order valence-corrected chi connectivity index (χ1v) is 8.58. The molecule has 1 aliphatic rings. The third-order valence-electron chi connectivity index (χ3n) is 4.38. The van der Waals surface area contributed by atoms with Gasteiger partial charge in [-0.3, -0.25) is 0 Å². The molecule has 0 atom stereocenters. The second-order valence-electron chi connectivity index (χ2n) is 5.80. The molecule has 0 bridgehead atoms. The Morgan fingerprint density at radius 1 is 1.05 bits per heavy atom. The lowest BCUT2D eigenvalue weighted by atomic mass is 9.90. The quantitative estimate of drug-likeness (QED) is 0.602. The smallest absolute Gasteiger partial charge is 0.0253 e. The van der Waals surface area contributed by atoms with Gasteiger partial charge in [0.15, 0.2) is 0 Å². The standard InChI is InChI=1S/C20H21Br/c1-3-4-7-15-8-5-6-9-16(15)17-12-13-19(21)20-14(2)10-11-18(17)20/h5-6,8-10,12-13H,3-4,7,11H2,1-2H3. The average molecular weight is 341 g/mol. The number of hydrogen-bond acceptors (Lipinski definition) is 0. The zero-order chi connectivity index (χ0) is 14.8. The SMILES string of the molecule is CCCCc1ccccc1-c1ccc(Br)c2c1CC=C2C. The van der Waals surface area contributed by atoms with Gasteiger partial charge in [-0.25, -0.2) is 0 Å². The molecule has 0 amide bonds. The summed E-state index contributed by atoms with van der Waals surface area (Å²) in [5.74, 6) is 0. The monoisotopic (exact) mass is 340 g/mol. The molecule has 0 nitrogen and oxygen atoms in total. The van der Waals surface area contributed by atoms with Crippen molar-refractivity contribution in [3.8, 4) is 11.1 Å². The number of halogens is 1. The summed E-state index contributed by atoms with van der Waals surface area (Å²) in [6.07, 6.45) is 7.07. The van der Waals surface area contributed by atoms with E-state index in [0.717, 1.165) is 6.42 Å². The van der Waals surface area contributed by atoms with Gasteiger partial charge in [0.1, 0.15) is 0 Å². The van der Waals surface area contributed by atoms with Crippen LogP contribution in [0.5, 0.6) is 0 Å². The third-order valence-corrected chi connectivity index (χ3v) is 5.04. The van der Waals surface area contributed by atoms with Gasteiger partial charge in [0, 0.05) is 4.47 Å². The molecule has 0 saturated heterocycles. The lowest BCUT2D eigenvalue weighted by Crippen LogP contribution is -1.95. The molecule has 1 aliphatic carbocycles. The molecule has 0 aliphatic heterocycles. The molecule has 108 valence electrons. The van der Waals surface area contributed by atoms with Gasteiger partial charge < -0.3 is 0 Å². The molecule has 0 saturated carbocycles. The maximum Gasteiger partial charge on any atom is 0.0253 e. The zero-order valence-corrected chi connectivity index (χ0v) is 14.3. The van der Waals surface area contributed by atoms with Crippen LogP contribution >= 0.6 is 15.9 Å². The largest absolute Gasteiger partial charge is 0.0765 e. The molecule has 0 unspecified atom stereocenters. The number of aryl methyl sites for hydroxylation is 1. The molecule has 3 rings (SSSR count). The van der Waals surface area contributed by atoms with Gasteiger partial charge in [-0.05, 0) is 65.6 Å². The Labute approximate surface area is 136 Å². The van der Waals surface area contributed by atoms with Crippen LogP contribution in [0.4, 0.5) is 0 Å². The minimum Gasteiger partial charge on any atom is -0.0765 e. The average Bonchev–Trinajstić information content (AvgIpc) is 2.89. The number of hydrogen-bond donors (Lipinski definition) is 0. The Kier molecular flexibility index (Phi) is 4.30. The topological polar surface area (TPSA) is 0 Å². The van der Waals surface area contributed by atoms with Crippen molar-refractivity contribution in [2.45, 2.75) is 39.5 Å². The van der Waals surface area contributed by atoms with Crippen molar-refractivity contribution in [3.05, 3.63) is 63.6 Å². The highest BCUT2D eigenvalue weighted by atomic mass is 79.9. The van der Waals surface area contributed by atoms with E-state index in [4.69, 9.17) is 0 Å². The second-order valence-corrected chi connectivity index (χ2v) is 6.65. The van der Waals surface area contributed by atoms with E-state index >= 15 is 0 Å². The maximum absolute atomic E-state index is 3.71. The first-order valence-electron chi connectivity index (χ1n) is 7.79. The van der Waals surface area contributed by atoms with Crippen molar-refractivity contribution in [1.82, 2.24) is 0 Å². The van der Waals surface area contributed by atoms with Gasteiger partial charge >= 0.3 is 0 Å². The molecule has 0 fully saturated rings. The lowest BCUT2D eigenvalue weighted by molar-refractivity contribution is 0.796. The van der Waals surface area contributed by atoms with Crippen LogP contribution in [0.3, 0.4) is 0 Å². The molecule has 1 heteroatoms. The molecule has 2 aromatic carbocycles. The van der Waals surface area contributed by atoms with Crippen molar-refractivity contribution in [1.29, 1.82) is 0 Å². The lowest BCUT2D eigenvalue weighted by Gasteiger charge is -2.15. The summed E-state index contributed by atoms with van der Waals surface area (Å²) in [7, 11) is 0. The summed E-state index contributed by atoms with van der Waals surface area (Å²) in [4.78, 5) is 0. The normalized spacial score (nSPS) is 13.2. The van der Waals surface area contributed by atoms with Gasteiger partial charge in [0.2, 0.25) is 0 Å². The Balaban J connectivity index is 2.11. The van der Waals surface area contributed by atoms with E-state index in [1.807, 2.05) is 0 Å². The first-order chi connectivity index (χ1) is 10.2. The van der Waals surface area contributed by atoms with E-state index in [0.29, 0.717) is 0 Å². The Morgan fingerprint density at radius 2 is 1.86 bits per heavy atom. The fraction of sp³-hybridized carbons (Fsp3) is 0.300. The van der Waals surface area contributed by atoms with Crippen LogP contribution < -0.4 is 0 Å². The van der Waals surface area contributed by atoms with Crippen LogP contribution in [-0.2, 0) is 12.8 Å². The summed E-state index contributed by atoms with van der Waals surface area (Å²) >= 11 is 3.71. The van der Waals surface area contributed by atoms with Crippen molar-refractivity contribution < 1.29 is 0 Å². The fourth-order valence-corrected chi connectivity index (χ4v) is 3.92. The Hall–Kier alpha value is -1.34. The Morgan fingerprint density at radius 3 is 2.67 bits per heavy atom. The molecular weight excluding hydrogens is 320 g/mol. The molecule has 0 radical (unpaired) electrons. The van der Waals surface area contributed by atoms with Crippen molar-refractivity contribution in [2.24, 2.45) is 0 Å². The van der Waals surface area contributed by atoms with E-state index < -0.39 is 0 Å². The van der Waals surface area contributed by atoms with E-state index in [-0.39, 0.29) is 0 Å². The summed E-state index contributed by atoms with van der Waals surface area (Å²) in [6, 6.07) is 13.4. The van der Waals surface area contributed by atoms with Crippen molar-refractivity contribution in [2.75, 3.05) is 0 Å². The van der Waals surface area contributed by atoms with Crippen molar-refractivity contribution >= 4 is 21.5 Å². The van der Waals surface area contributed by atoms with Gasteiger partial charge in [-0.1, -0.05) is 65.7 Å². The predicted octanol–water partition coefficient (Wildman–Crippen LogP) is 6.42. The number of unbranched alkanes of at least 4 members (excludes halogenated alkanes) is 1. The van der Waals surface area contributed by atoms with Crippen LogP contribution in [-0.4, -0.2) is 0 Å². The minimum absolute atomic E-state index is 1.05. The maximum atomic E-state index is 3.71. The molecule has 0 aromatic heterocycles. The molecule has 0 heterocycles. The minimum atomic E-state index is 1.05. The zero-order valence-electron chi connectivity index (χ0n) is 12.7. The van der Waals surface area contributed by atoms with Crippen LogP contribution in [0.2, 0.25) is 0 Å². The van der Waals surface area contributed by atoms with Gasteiger partial charge in [0.05, 0.1) is 0 Å². The summed E-state index contributed by atoms with van der Waals surface area (Å²) in [5.41, 5.74) is 8.58. The van der Waals surface area contributed by atoms with Crippen LogP contribution in [0, 0.1) is 0 Å². The summed E-state index contributed by atoms with van der Waals surface area (Å²) in [5, 5.41) is 0. The molecule has 21 heavy (non-hydrogen) atoms. The second kappa shape index (κ2) is 6.19. The number of fused-ring (bicyclic) bond motifs is 1.